The summed E-state index contributed by atoms with van der Waals surface area (Å²) in [4.78, 5) is 16.5. The smallest absolute Gasteiger partial charge is 0.226 e. The van der Waals surface area contributed by atoms with Crippen molar-refractivity contribution >= 4 is 33.5 Å². The number of carbonyl (C=O) groups excluding carboxylic acids is 1. The van der Waals surface area contributed by atoms with Gasteiger partial charge in [-0.15, -0.1) is 0 Å². The first-order valence-corrected chi connectivity index (χ1v) is 9.02. The Kier molecular flexibility index (Phi) is 10.1. The van der Waals surface area contributed by atoms with Gasteiger partial charge < -0.3 is 20.7 Å². The first-order chi connectivity index (χ1) is 11.6. The van der Waals surface area contributed by atoms with Gasteiger partial charge in [0.05, 0.1) is 13.2 Å². The Morgan fingerprint density at radius 3 is 2.79 bits per heavy atom. The third kappa shape index (κ3) is 8.31. The van der Waals surface area contributed by atoms with Gasteiger partial charge in [-0.2, -0.15) is 0 Å². The molecule has 1 aromatic carbocycles. The molecule has 0 heterocycles. The Labute approximate surface area is 152 Å². The third-order valence-corrected chi connectivity index (χ3v) is 3.67. The van der Waals surface area contributed by atoms with Crippen LogP contribution in [-0.2, 0) is 9.53 Å². The highest BCUT2D eigenvalue weighted by Gasteiger charge is 2.06. The van der Waals surface area contributed by atoms with Gasteiger partial charge >= 0.3 is 0 Å². The molecule has 3 N–H and O–H groups in total. The molecule has 0 spiro atoms. The zero-order valence-corrected chi connectivity index (χ0v) is 16.2. The Bertz CT molecular complexity index is 549. The van der Waals surface area contributed by atoms with Gasteiger partial charge in [-0.1, -0.05) is 22.0 Å². The second kappa shape index (κ2) is 11.9. The number of amides is 1. The van der Waals surface area contributed by atoms with E-state index in [1.54, 1.807) is 0 Å². The molecule has 1 aromatic rings. The van der Waals surface area contributed by atoms with E-state index in [-0.39, 0.29) is 5.91 Å². The summed E-state index contributed by atoms with van der Waals surface area (Å²) in [5, 5.41) is 9.23. The minimum absolute atomic E-state index is 0.0335. The predicted octanol–water partition coefficient (Wildman–Crippen LogP) is 2.68. The zero-order valence-electron chi connectivity index (χ0n) is 14.6. The van der Waals surface area contributed by atoms with Crippen molar-refractivity contribution < 1.29 is 9.53 Å². The highest BCUT2D eigenvalue weighted by atomic mass is 79.9. The normalized spacial score (nSPS) is 11.2. The highest BCUT2D eigenvalue weighted by molar-refractivity contribution is 9.10. The average Bonchev–Trinajstić information content (AvgIpc) is 2.55. The Morgan fingerprint density at radius 2 is 2.08 bits per heavy atom. The van der Waals surface area contributed by atoms with E-state index in [0.717, 1.165) is 22.3 Å². The molecule has 0 aromatic heterocycles. The molecule has 0 radical (unpaired) electrons. The van der Waals surface area contributed by atoms with E-state index in [1.807, 2.05) is 39.0 Å². The summed E-state index contributed by atoms with van der Waals surface area (Å²) >= 11 is 3.41. The lowest BCUT2D eigenvalue weighted by molar-refractivity contribution is -0.116. The van der Waals surface area contributed by atoms with Crippen LogP contribution in [0.4, 0.5) is 5.69 Å². The maximum atomic E-state index is 12.1. The van der Waals surface area contributed by atoms with Crippen molar-refractivity contribution in [2.45, 2.75) is 27.2 Å². The first-order valence-electron chi connectivity index (χ1n) is 8.22. The number of aryl methyl sites for hydroxylation is 1. The Hall–Kier alpha value is -1.60. The average molecular weight is 399 g/mol. The number of nitrogens with one attached hydrogen (secondary N) is 3. The highest BCUT2D eigenvalue weighted by Crippen LogP contribution is 2.20. The van der Waals surface area contributed by atoms with Crippen molar-refractivity contribution in [1.82, 2.24) is 10.6 Å². The van der Waals surface area contributed by atoms with Gasteiger partial charge in [-0.25, -0.2) is 0 Å². The molecular formula is C17H27BrN4O2. The van der Waals surface area contributed by atoms with Crippen molar-refractivity contribution in [3.63, 3.8) is 0 Å². The second-order valence-electron chi connectivity index (χ2n) is 5.14. The Balaban J connectivity index is 2.40. The van der Waals surface area contributed by atoms with Crippen LogP contribution >= 0.6 is 15.9 Å². The van der Waals surface area contributed by atoms with Gasteiger partial charge in [-0.05, 0) is 38.5 Å². The van der Waals surface area contributed by atoms with Crippen molar-refractivity contribution in [1.29, 1.82) is 0 Å². The largest absolute Gasteiger partial charge is 0.380 e. The van der Waals surface area contributed by atoms with Crippen LogP contribution in [0, 0.1) is 6.92 Å². The fraction of sp³-hybridized carbons (Fsp3) is 0.529. The van der Waals surface area contributed by atoms with Crippen LogP contribution in [0.1, 0.15) is 25.8 Å². The van der Waals surface area contributed by atoms with E-state index in [2.05, 4.69) is 36.9 Å². The number of aliphatic imine (C=N–C) groups is 1. The summed E-state index contributed by atoms with van der Waals surface area (Å²) in [5.74, 6) is 0.664. The predicted molar refractivity (Wildman–Crippen MR) is 103 cm³/mol. The molecule has 0 saturated carbocycles. The zero-order chi connectivity index (χ0) is 17.8. The number of benzene rings is 1. The molecule has 0 aliphatic rings. The van der Waals surface area contributed by atoms with Crippen LogP contribution in [0.2, 0.25) is 0 Å². The van der Waals surface area contributed by atoms with E-state index in [1.165, 1.54) is 0 Å². The summed E-state index contributed by atoms with van der Waals surface area (Å²) in [7, 11) is 0. The van der Waals surface area contributed by atoms with Crippen LogP contribution in [0.5, 0.6) is 0 Å². The maximum absolute atomic E-state index is 12.1. The van der Waals surface area contributed by atoms with E-state index >= 15 is 0 Å². The van der Waals surface area contributed by atoms with Gasteiger partial charge in [0.2, 0.25) is 5.91 Å². The maximum Gasteiger partial charge on any atom is 0.226 e. The van der Waals surface area contributed by atoms with Crippen LogP contribution in [0.15, 0.2) is 27.7 Å². The lowest BCUT2D eigenvalue weighted by Crippen LogP contribution is -2.39. The molecule has 0 bridgehead atoms. The molecule has 1 amide bonds. The molecular weight excluding hydrogens is 372 g/mol. The van der Waals surface area contributed by atoms with Crippen molar-refractivity contribution in [3.05, 3.63) is 28.2 Å². The number of hydrogen-bond acceptors (Lipinski definition) is 3. The van der Waals surface area contributed by atoms with Gasteiger partial charge in [0, 0.05) is 36.3 Å². The molecule has 6 nitrogen and oxygen atoms in total. The molecule has 134 valence electrons. The standard InChI is InChI=1S/C17H27BrN4O2/c1-4-19-17(21-10-11-24-5-2)20-9-8-16(23)22-15-12-14(18)7-6-13(15)3/h6-7,12H,4-5,8-11H2,1-3H3,(H,22,23)(H2,19,20,21). The molecule has 0 saturated heterocycles. The summed E-state index contributed by atoms with van der Waals surface area (Å²) in [6.45, 7) is 9.08. The van der Waals surface area contributed by atoms with E-state index < -0.39 is 0 Å². The lowest BCUT2D eigenvalue weighted by atomic mass is 10.2. The molecule has 0 aliphatic carbocycles. The SMILES string of the molecule is CCNC(=NCCOCC)NCCC(=O)Nc1cc(Br)ccc1C. The molecule has 0 aliphatic heterocycles. The molecule has 0 atom stereocenters. The first kappa shape index (κ1) is 20.4. The van der Waals surface area contributed by atoms with Crippen molar-refractivity contribution in [2.24, 2.45) is 4.99 Å². The number of nitrogens with zero attached hydrogens (tertiary/aromatic N) is 1. The van der Waals surface area contributed by atoms with E-state index in [9.17, 15) is 4.79 Å². The summed E-state index contributed by atoms with van der Waals surface area (Å²) in [6, 6.07) is 5.82. The number of hydrogen-bond donors (Lipinski definition) is 3. The molecule has 0 fully saturated rings. The fourth-order valence-corrected chi connectivity index (χ4v) is 2.31. The van der Waals surface area contributed by atoms with Crippen LogP contribution in [-0.4, -0.2) is 44.7 Å². The minimum Gasteiger partial charge on any atom is -0.380 e. The number of rotatable bonds is 9. The topological polar surface area (TPSA) is 74.8 Å². The van der Waals surface area contributed by atoms with E-state index in [4.69, 9.17) is 4.74 Å². The number of anilines is 1. The Morgan fingerprint density at radius 1 is 1.29 bits per heavy atom. The monoisotopic (exact) mass is 398 g/mol. The van der Waals surface area contributed by atoms with Gasteiger partial charge in [0.1, 0.15) is 0 Å². The minimum atomic E-state index is -0.0335. The number of ether oxygens (including phenoxy) is 1. The van der Waals surface area contributed by atoms with E-state index in [0.29, 0.717) is 38.7 Å². The number of guanidine groups is 1. The lowest BCUT2D eigenvalue weighted by Gasteiger charge is -2.12. The second-order valence-corrected chi connectivity index (χ2v) is 6.06. The number of halogens is 1. The van der Waals surface area contributed by atoms with Gasteiger partial charge in [-0.3, -0.25) is 9.79 Å². The summed E-state index contributed by atoms with van der Waals surface area (Å²) in [5.41, 5.74) is 1.86. The van der Waals surface area contributed by atoms with Crippen LogP contribution in [0.25, 0.3) is 0 Å². The summed E-state index contributed by atoms with van der Waals surface area (Å²) < 4.78 is 6.20. The van der Waals surface area contributed by atoms with Crippen LogP contribution < -0.4 is 16.0 Å². The number of carbonyl (C=O) groups is 1. The van der Waals surface area contributed by atoms with Crippen molar-refractivity contribution in [3.8, 4) is 0 Å². The molecule has 0 unspecified atom stereocenters. The summed E-state index contributed by atoms with van der Waals surface area (Å²) in [6.07, 6.45) is 0.363. The molecule has 1 rings (SSSR count). The van der Waals surface area contributed by atoms with Crippen LogP contribution in [0.3, 0.4) is 0 Å². The third-order valence-electron chi connectivity index (χ3n) is 3.17. The fourth-order valence-electron chi connectivity index (χ4n) is 1.94. The quantitative estimate of drug-likeness (QED) is 0.339. The van der Waals surface area contributed by atoms with Crippen molar-refractivity contribution in [2.75, 3.05) is 38.2 Å². The molecule has 24 heavy (non-hydrogen) atoms. The van der Waals surface area contributed by atoms with Gasteiger partial charge in [0.15, 0.2) is 5.96 Å². The van der Waals surface area contributed by atoms with Gasteiger partial charge in [0.25, 0.3) is 0 Å². The molecule has 7 heteroatoms.